The number of benzene rings is 1. The van der Waals surface area contributed by atoms with Crippen LogP contribution in [0.2, 0.25) is 0 Å². The van der Waals surface area contributed by atoms with E-state index in [-0.39, 0.29) is 6.04 Å². The van der Waals surface area contributed by atoms with E-state index in [0.29, 0.717) is 6.42 Å². The van der Waals surface area contributed by atoms with Crippen molar-refractivity contribution in [3.8, 4) is 0 Å². The lowest BCUT2D eigenvalue weighted by atomic mass is 9.89. The van der Waals surface area contributed by atoms with Gasteiger partial charge in [-0.1, -0.05) is 29.8 Å². The summed E-state index contributed by atoms with van der Waals surface area (Å²) in [7, 11) is 0. The first-order chi connectivity index (χ1) is 7.58. The van der Waals surface area contributed by atoms with Crippen molar-refractivity contribution in [3.05, 3.63) is 35.4 Å². The zero-order chi connectivity index (χ0) is 11.6. The molecule has 0 aromatic heterocycles. The monoisotopic (exact) mass is 221 g/mol. The molecule has 2 unspecified atom stereocenters. The standard InChI is InChI=1S/C14H20FN/c1-11-5-3-6-12(9-11)10-14(2,15)13-7-4-8-16-13/h3,5-6,9,13,16H,4,7-8,10H2,1-2H3. The van der Waals surface area contributed by atoms with Gasteiger partial charge in [-0.3, -0.25) is 0 Å². The van der Waals surface area contributed by atoms with Crippen molar-refractivity contribution < 1.29 is 4.39 Å². The maximum absolute atomic E-state index is 14.6. The predicted molar refractivity (Wildman–Crippen MR) is 65.4 cm³/mol. The minimum atomic E-state index is -1.13. The first-order valence-corrected chi connectivity index (χ1v) is 6.06. The number of alkyl halides is 1. The summed E-state index contributed by atoms with van der Waals surface area (Å²) in [6.45, 7) is 4.73. The molecule has 0 amide bonds. The zero-order valence-electron chi connectivity index (χ0n) is 10.1. The number of nitrogens with one attached hydrogen (secondary N) is 1. The molecule has 2 heteroatoms. The largest absolute Gasteiger partial charge is 0.311 e. The summed E-state index contributed by atoms with van der Waals surface area (Å²) < 4.78 is 14.6. The van der Waals surface area contributed by atoms with Gasteiger partial charge >= 0.3 is 0 Å². The van der Waals surface area contributed by atoms with Gasteiger partial charge in [0.15, 0.2) is 0 Å². The lowest BCUT2D eigenvalue weighted by Crippen LogP contribution is -2.43. The number of hydrogen-bond donors (Lipinski definition) is 1. The molecule has 0 saturated carbocycles. The molecule has 1 aliphatic heterocycles. The molecule has 1 saturated heterocycles. The van der Waals surface area contributed by atoms with Gasteiger partial charge in [0.1, 0.15) is 5.67 Å². The van der Waals surface area contributed by atoms with E-state index < -0.39 is 5.67 Å². The Morgan fingerprint density at radius 3 is 2.94 bits per heavy atom. The van der Waals surface area contributed by atoms with Gasteiger partial charge in [0, 0.05) is 12.5 Å². The van der Waals surface area contributed by atoms with Gasteiger partial charge in [0.2, 0.25) is 0 Å². The smallest absolute Gasteiger partial charge is 0.127 e. The van der Waals surface area contributed by atoms with E-state index in [1.165, 1.54) is 5.56 Å². The molecule has 16 heavy (non-hydrogen) atoms. The van der Waals surface area contributed by atoms with Crippen LogP contribution in [0.4, 0.5) is 4.39 Å². The highest BCUT2D eigenvalue weighted by Crippen LogP contribution is 2.27. The normalized spacial score (nSPS) is 24.3. The second kappa shape index (κ2) is 4.54. The predicted octanol–water partition coefficient (Wildman–Crippen LogP) is 3.02. The van der Waals surface area contributed by atoms with Crippen molar-refractivity contribution in [3.63, 3.8) is 0 Å². The highest BCUT2D eigenvalue weighted by atomic mass is 19.1. The summed E-state index contributed by atoms with van der Waals surface area (Å²) in [4.78, 5) is 0. The third kappa shape index (κ3) is 2.62. The maximum Gasteiger partial charge on any atom is 0.127 e. The molecule has 1 aromatic carbocycles. The first-order valence-electron chi connectivity index (χ1n) is 6.06. The molecule has 0 bridgehead atoms. The Morgan fingerprint density at radius 2 is 2.31 bits per heavy atom. The first kappa shape index (κ1) is 11.6. The molecule has 2 rings (SSSR count). The van der Waals surface area contributed by atoms with E-state index in [4.69, 9.17) is 0 Å². The molecule has 1 aliphatic rings. The molecule has 0 spiro atoms. The number of aryl methyl sites for hydroxylation is 1. The van der Waals surface area contributed by atoms with Crippen LogP contribution in [0.5, 0.6) is 0 Å². The Balaban J connectivity index is 2.07. The van der Waals surface area contributed by atoms with Crippen molar-refractivity contribution in [2.24, 2.45) is 0 Å². The van der Waals surface area contributed by atoms with E-state index in [9.17, 15) is 4.39 Å². The SMILES string of the molecule is Cc1cccc(CC(C)(F)C2CCCN2)c1. The minimum absolute atomic E-state index is 0.0213. The molecule has 1 fully saturated rings. The van der Waals surface area contributed by atoms with Crippen molar-refractivity contribution in [1.82, 2.24) is 5.32 Å². The lowest BCUT2D eigenvalue weighted by molar-refractivity contribution is 0.137. The van der Waals surface area contributed by atoms with E-state index in [1.54, 1.807) is 6.92 Å². The second-order valence-electron chi connectivity index (χ2n) is 5.09. The Kier molecular flexibility index (Phi) is 3.29. The van der Waals surface area contributed by atoms with Crippen LogP contribution in [0.3, 0.4) is 0 Å². The minimum Gasteiger partial charge on any atom is -0.311 e. The van der Waals surface area contributed by atoms with E-state index >= 15 is 0 Å². The van der Waals surface area contributed by atoms with Crippen molar-refractivity contribution in [2.75, 3.05) is 6.54 Å². The van der Waals surface area contributed by atoms with E-state index in [0.717, 1.165) is 24.9 Å². The Bertz CT molecular complexity index is 354. The zero-order valence-corrected chi connectivity index (χ0v) is 10.1. The van der Waals surface area contributed by atoms with Gasteiger partial charge in [-0.2, -0.15) is 0 Å². The third-order valence-corrected chi connectivity index (χ3v) is 3.42. The molecule has 1 nitrogen and oxygen atoms in total. The van der Waals surface area contributed by atoms with Gasteiger partial charge in [-0.25, -0.2) is 4.39 Å². The summed E-state index contributed by atoms with van der Waals surface area (Å²) in [5, 5.41) is 3.26. The second-order valence-corrected chi connectivity index (χ2v) is 5.09. The summed E-state index contributed by atoms with van der Waals surface area (Å²) >= 11 is 0. The van der Waals surface area contributed by atoms with Gasteiger partial charge < -0.3 is 5.32 Å². The number of halogens is 1. The Morgan fingerprint density at radius 1 is 1.50 bits per heavy atom. The molecule has 0 radical (unpaired) electrons. The molecule has 1 N–H and O–H groups in total. The molecule has 1 heterocycles. The van der Waals surface area contributed by atoms with Crippen molar-refractivity contribution >= 4 is 0 Å². The Hall–Kier alpha value is -0.890. The summed E-state index contributed by atoms with van der Waals surface area (Å²) in [5.74, 6) is 0. The van der Waals surface area contributed by atoms with Crippen LogP contribution < -0.4 is 5.32 Å². The van der Waals surface area contributed by atoms with E-state index in [2.05, 4.69) is 11.4 Å². The molecule has 2 atom stereocenters. The highest BCUT2D eigenvalue weighted by Gasteiger charge is 2.35. The van der Waals surface area contributed by atoms with Crippen LogP contribution in [0.15, 0.2) is 24.3 Å². The Labute approximate surface area is 97.1 Å². The quantitative estimate of drug-likeness (QED) is 0.827. The number of hydrogen-bond acceptors (Lipinski definition) is 1. The van der Waals surface area contributed by atoms with Crippen LogP contribution in [0.25, 0.3) is 0 Å². The maximum atomic E-state index is 14.6. The molecule has 0 aliphatic carbocycles. The average Bonchev–Trinajstić information content (AvgIpc) is 2.69. The topological polar surface area (TPSA) is 12.0 Å². The lowest BCUT2D eigenvalue weighted by Gasteiger charge is -2.27. The van der Waals surface area contributed by atoms with Gasteiger partial charge in [0.25, 0.3) is 0 Å². The highest BCUT2D eigenvalue weighted by molar-refractivity contribution is 5.24. The molecular formula is C14H20FN. The summed E-state index contributed by atoms with van der Waals surface area (Å²) in [5.41, 5.74) is 1.16. The van der Waals surface area contributed by atoms with Gasteiger partial charge in [0.05, 0.1) is 0 Å². The van der Waals surface area contributed by atoms with Gasteiger partial charge in [-0.15, -0.1) is 0 Å². The van der Waals surface area contributed by atoms with Crippen molar-refractivity contribution in [1.29, 1.82) is 0 Å². The summed E-state index contributed by atoms with van der Waals surface area (Å²) in [6.07, 6.45) is 2.56. The van der Waals surface area contributed by atoms with Crippen LogP contribution in [-0.4, -0.2) is 18.3 Å². The number of rotatable bonds is 3. The average molecular weight is 221 g/mol. The summed E-state index contributed by atoms with van der Waals surface area (Å²) in [6, 6.07) is 8.16. The third-order valence-electron chi connectivity index (χ3n) is 3.42. The van der Waals surface area contributed by atoms with Crippen LogP contribution in [0, 0.1) is 6.92 Å². The van der Waals surface area contributed by atoms with Crippen LogP contribution in [0.1, 0.15) is 30.9 Å². The fourth-order valence-corrected chi connectivity index (χ4v) is 2.54. The van der Waals surface area contributed by atoms with Crippen LogP contribution in [-0.2, 0) is 6.42 Å². The molecule has 88 valence electrons. The molecular weight excluding hydrogens is 201 g/mol. The molecule has 1 aromatic rings. The van der Waals surface area contributed by atoms with Crippen molar-refractivity contribution in [2.45, 2.75) is 44.8 Å². The van der Waals surface area contributed by atoms with Gasteiger partial charge in [-0.05, 0) is 38.8 Å². The fraction of sp³-hybridized carbons (Fsp3) is 0.571. The van der Waals surface area contributed by atoms with E-state index in [1.807, 2.05) is 25.1 Å². The fourth-order valence-electron chi connectivity index (χ4n) is 2.54. The van der Waals surface area contributed by atoms with Crippen LogP contribution >= 0.6 is 0 Å².